The second-order valence-electron chi connectivity index (χ2n) is 6.06. The molecule has 1 unspecified atom stereocenters. The van der Waals surface area contributed by atoms with E-state index in [-0.39, 0.29) is 6.10 Å². The first-order valence-electron chi connectivity index (χ1n) is 8.90. The molecule has 2 N–H and O–H groups in total. The Hall–Kier alpha value is -2.08. The zero-order valence-corrected chi connectivity index (χ0v) is 14.4. The number of aliphatic imine (C=N–C) groups is 1. The Morgan fingerprint density at radius 1 is 1.38 bits per heavy atom. The van der Waals surface area contributed by atoms with Crippen LogP contribution < -0.4 is 10.6 Å². The van der Waals surface area contributed by atoms with Gasteiger partial charge in [-0.1, -0.05) is 12.1 Å². The van der Waals surface area contributed by atoms with E-state index >= 15 is 0 Å². The van der Waals surface area contributed by atoms with Crippen molar-refractivity contribution in [2.45, 2.75) is 38.8 Å². The summed E-state index contributed by atoms with van der Waals surface area (Å²) >= 11 is 0. The van der Waals surface area contributed by atoms with Crippen molar-refractivity contribution in [3.05, 3.63) is 30.6 Å². The topological polar surface area (TPSA) is 63.5 Å². The lowest BCUT2D eigenvalue weighted by Gasteiger charge is -2.13. The van der Waals surface area contributed by atoms with Gasteiger partial charge in [0.05, 0.1) is 30.0 Å². The van der Waals surface area contributed by atoms with Gasteiger partial charge in [-0.3, -0.25) is 4.99 Å². The predicted molar refractivity (Wildman–Crippen MR) is 97.3 cm³/mol. The Morgan fingerprint density at radius 3 is 3.12 bits per heavy atom. The molecule has 0 amide bonds. The zero-order valence-electron chi connectivity index (χ0n) is 14.4. The van der Waals surface area contributed by atoms with Gasteiger partial charge in [-0.05, 0) is 38.3 Å². The van der Waals surface area contributed by atoms with E-state index in [4.69, 9.17) is 4.74 Å². The lowest BCUT2D eigenvalue weighted by atomic mass is 10.2. The molecule has 1 aliphatic rings. The molecule has 2 heterocycles. The third-order valence-corrected chi connectivity index (χ3v) is 4.22. The summed E-state index contributed by atoms with van der Waals surface area (Å²) < 4.78 is 7.83. The molecule has 130 valence electrons. The van der Waals surface area contributed by atoms with E-state index in [2.05, 4.69) is 44.2 Å². The molecule has 1 saturated heterocycles. The number of hydrogen-bond acceptors (Lipinski definition) is 3. The minimum Gasteiger partial charge on any atom is -0.376 e. The number of guanidine groups is 1. The summed E-state index contributed by atoms with van der Waals surface area (Å²) in [6, 6.07) is 8.24. The molecule has 2 aromatic rings. The van der Waals surface area contributed by atoms with Gasteiger partial charge in [0.2, 0.25) is 0 Å². The number of para-hydroxylation sites is 2. The number of hydrogen-bond donors (Lipinski definition) is 2. The van der Waals surface area contributed by atoms with Crippen molar-refractivity contribution in [3.8, 4) is 0 Å². The molecular formula is C18H27N5O. The van der Waals surface area contributed by atoms with E-state index in [0.29, 0.717) is 0 Å². The maximum Gasteiger partial charge on any atom is 0.191 e. The maximum absolute atomic E-state index is 5.62. The number of benzene rings is 1. The van der Waals surface area contributed by atoms with Gasteiger partial charge in [-0.15, -0.1) is 0 Å². The molecule has 0 spiro atoms. The van der Waals surface area contributed by atoms with Crippen LogP contribution in [-0.4, -0.2) is 47.9 Å². The fraction of sp³-hybridized carbons (Fsp3) is 0.556. The van der Waals surface area contributed by atoms with Gasteiger partial charge in [0.15, 0.2) is 5.96 Å². The van der Waals surface area contributed by atoms with Crippen LogP contribution in [0, 0.1) is 0 Å². The SMILES string of the molecule is CCNC(=NCC1CCCO1)NCCCn1cnc2ccccc21. The summed E-state index contributed by atoms with van der Waals surface area (Å²) in [4.78, 5) is 9.06. The Bertz CT molecular complexity index is 660. The average Bonchev–Trinajstić information content (AvgIpc) is 3.26. The summed E-state index contributed by atoms with van der Waals surface area (Å²) in [5, 5.41) is 6.70. The van der Waals surface area contributed by atoms with E-state index in [1.54, 1.807) is 0 Å². The molecule has 6 heteroatoms. The summed E-state index contributed by atoms with van der Waals surface area (Å²) in [5.74, 6) is 0.878. The van der Waals surface area contributed by atoms with Gasteiger partial charge in [-0.2, -0.15) is 0 Å². The molecular weight excluding hydrogens is 302 g/mol. The van der Waals surface area contributed by atoms with E-state index in [1.165, 1.54) is 5.52 Å². The van der Waals surface area contributed by atoms with Crippen LogP contribution in [0.4, 0.5) is 0 Å². The molecule has 1 aromatic heterocycles. The minimum atomic E-state index is 0.290. The highest BCUT2D eigenvalue weighted by Gasteiger charge is 2.14. The molecule has 1 aliphatic heterocycles. The van der Waals surface area contributed by atoms with E-state index < -0.39 is 0 Å². The second-order valence-corrected chi connectivity index (χ2v) is 6.06. The normalized spacial score (nSPS) is 18.2. The lowest BCUT2D eigenvalue weighted by molar-refractivity contribution is 0.117. The quantitative estimate of drug-likeness (QED) is 0.464. The van der Waals surface area contributed by atoms with Crippen molar-refractivity contribution < 1.29 is 4.74 Å². The average molecular weight is 329 g/mol. The smallest absolute Gasteiger partial charge is 0.191 e. The summed E-state index contributed by atoms with van der Waals surface area (Å²) in [6.07, 6.45) is 5.50. The lowest BCUT2D eigenvalue weighted by Crippen LogP contribution is -2.38. The molecule has 0 bridgehead atoms. The Balaban J connectivity index is 1.45. The number of rotatable bonds is 7. The molecule has 1 fully saturated rings. The Kier molecular flexibility index (Phi) is 6.07. The maximum atomic E-state index is 5.62. The van der Waals surface area contributed by atoms with Crippen LogP contribution in [0.25, 0.3) is 11.0 Å². The van der Waals surface area contributed by atoms with E-state index in [0.717, 1.165) is 63.5 Å². The monoisotopic (exact) mass is 329 g/mol. The van der Waals surface area contributed by atoms with E-state index in [9.17, 15) is 0 Å². The molecule has 24 heavy (non-hydrogen) atoms. The van der Waals surface area contributed by atoms with Crippen molar-refractivity contribution in [1.29, 1.82) is 0 Å². The largest absolute Gasteiger partial charge is 0.376 e. The summed E-state index contributed by atoms with van der Waals surface area (Å²) in [7, 11) is 0. The molecule has 1 atom stereocenters. The number of nitrogens with zero attached hydrogens (tertiary/aromatic N) is 3. The molecule has 1 aromatic carbocycles. The first-order valence-corrected chi connectivity index (χ1v) is 8.90. The summed E-state index contributed by atoms with van der Waals surface area (Å²) in [5.41, 5.74) is 2.24. The van der Waals surface area contributed by atoms with Gasteiger partial charge in [0.1, 0.15) is 0 Å². The second kappa shape index (κ2) is 8.68. The number of aryl methyl sites for hydroxylation is 1. The van der Waals surface area contributed by atoms with Crippen LogP contribution in [0.15, 0.2) is 35.6 Å². The highest BCUT2D eigenvalue weighted by molar-refractivity contribution is 5.79. The van der Waals surface area contributed by atoms with E-state index in [1.807, 2.05) is 18.5 Å². The fourth-order valence-corrected chi connectivity index (χ4v) is 2.97. The van der Waals surface area contributed by atoms with Crippen molar-refractivity contribution in [1.82, 2.24) is 20.2 Å². The molecule has 3 rings (SSSR count). The van der Waals surface area contributed by atoms with Crippen LogP contribution in [0.3, 0.4) is 0 Å². The zero-order chi connectivity index (χ0) is 16.6. The summed E-state index contributed by atoms with van der Waals surface area (Å²) in [6.45, 7) is 6.39. The number of ether oxygens (including phenoxy) is 1. The number of aromatic nitrogens is 2. The molecule has 0 saturated carbocycles. The van der Waals surface area contributed by atoms with Crippen LogP contribution in [0.1, 0.15) is 26.2 Å². The van der Waals surface area contributed by atoms with Crippen LogP contribution >= 0.6 is 0 Å². The van der Waals surface area contributed by atoms with Gasteiger partial charge in [-0.25, -0.2) is 4.98 Å². The van der Waals surface area contributed by atoms with Gasteiger partial charge >= 0.3 is 0 Å². The first kappa shape index (κ1) is 16.8. The van der Waals surface area contributed by atoms with Gasteiger partial charge < -0.3 is 19.9 Å². The highest BCUT2D eigenvalue weighted by Crippen LogP contribution is 2.12. The van der Waals surface area contributed by atoms with Crippen molar-refractivity contribution in [2.75, 3.05) is 26.2 Å². The number of nitrogens with one attached hydrogen (secondary N) is 2. The Morgan fingerprint density at radius 2 is 2.29 bits per heavy atom. The number of fused-ring (bicyclic) bond motifs is 1. The van der Waals surface area contributed by atoms with Crippen molar-refractivity contribution in [2.24, 2.45) is 4.99 Å². The van der Waals surface area contributed by atoms with Crippen LogP contribution in [-0.2, 0) is 11.3 Å². The van der Waals surface area contributed by atoms with Crippen molar-refractivity contribution in [3.63, 3.8) is 0 Å². The number of imidazole rings is 1. The molecule has 0 aliphatic carbocycles. The van der Waals surface area contributed by atoms with Gasteiger partial charge in [0, 0.05) is 26.2 Å². The van der Waals surface area contributed by atoms with Crippen LogP contribution in [0.5, 0.6) is 0 Å². The standard InChI is InChI=1S/C18H27N5O/c1-2-19-18(21-13-15-7-5-12-24-15)20-10-6-11-23-14-22-16-8-3-4-9-17(16)23/h3-4,8-9,14-15H,2,5-7,10-13H2,1H3,(H2,19,20,21). The molecule has 6 nitrogen and oxygen atoms in total. The predicted octanol–water partition coefficient (Wildman–Crippen LogP) is 2.16. The minimum absolute atomic E-state index is 0.290. The molecule has 0 radical (unpaired) electrons. The third kappa shape index (κ3) is 4.47. The van der Waals surface area contributed by atoms with Crippen molar-refractivity contribution >= 4 is 17.0 Å². The fourth-order valence-electron chi connectivity index (χ4n) is 2.97. The van der Waals surface area contributed by atoms with Gasteiger partial charge in [0.25, 0.3) is 0 Å². The highest BCUT2D eigenvalue weighted by atomic mass is 16.5. The third-order valence-electron chi connectivity index (χ3n) is 4.22. The van der Waals surface area contributed by atoms with Crippen LogP contribution in [0.2, 0.25) is 0 Å². The Labute approximate surface area is 143 Å². The first-order chi connectivity index (χ1) is 11.9.